The monoisotopic (exact) mass is 434 g/mol. The Labute approximate surface area is 186 Å². The summed E-state index contributed by atoms with van der Waals surface area (Å²) in [6.45, 7) is 0.256. The van der Waals surface area contributed by atoms with Gasteiger partial charge in [0.15, 0.2) is 12.5 Å². The third-order valence-corrected chi connectivity index (χ3v) is 5.71. The molecule has 5 rings (SSSR count). The van der Waals surface area contributed by atoms with Crippen molar-refractivity contribution in [3.8, 4) is 0 Å². The first kappa shape index (κ1) is 20.9. The predicted molar refractivity (Wildman–Crippen MR) is 120 cm³/mol. The molecule has 32 heavy (non-hydrogen) atoms. The maximum atomic E-state index is 10.7. The van der Waals surface area contributed by atoms with E-state index in [1.165, 1.54) is 0 Å². The van der Waals surface area contributed by atoms with Crippen LogP contribution >= 0.6 is 0 Å². The average Bonchev–Trinajstić information content (AvgIpc) is 2.84. The summed E-state index contributed by atoms with van der Waals surface area (Å²) in [5, 5.41) is 27.9. The fourth-order valence-electron chi connectivity index (χ4n) is 4.01. The Bertz CT molecular complexity index is 1000. The first-order chi connectivity index (χ1) is 15.7. The molecule has 7 nitrogen and oxygen atoms in total. The lowest BCUT2D eigenvalue weighted by Gasteiger charge is -2.46. The van der Waals surface area contributed by atoms with E-state index in [0.717, 1.165) is 22.6 Å². The number of aliphatic hydroxyl groups excluding tert-OH is 2. The molecule has 2 saturated heterocycles. The van der Waals surface area contributed by atoms with E-state index in [9.17, 15) is 10.2 Å². The Morgan fingerprint density at radius 1 is 0.688 bits per heavy atom. The standard InChI is InChI=1S/C25H26N2O5/c28-21-22(29)24(27-19-13-11-18(12-14-19)26-17-9-5-2-6-10-17)31-20-15-30-25(32-23(20)21)16-7-3-1-4-8-16/h1-14,20-29H,15H2/t20-,21-,22-,23-,24-,25?/m1/s1. The molecule has 0 saturated carbocycles. The lowest BCUT2D eigenvalue weighted by molar-refractivity contribution is -0.325. The number of anilines is 3. The van der Waals surface area contributed by atoms with Gasteiger partial charge in [0.2, 0.25) is 0 Å². The van der Waals surface area contributed by atoms with Crippen molar-refractivity contribution in [1.82, 2.24) is 0 Å². The second kappa shape index (κ2) is 9.28. The normalized spacial score (nSPS) is 29.7. The van der Waals surface area contributed by atoms with Crippen molar-refractivity contribution in [1.29, 1.82) is 0 Å². The van der Waals surface area contributed by atoms with Crippen LogP contribution in [0, 0.1) is 0 Å². The van der Waals surface area contributed by atoms with Gasteiger partial charge in [-0.3, -0.25) is 0 Å². The number of rotatable bonds is 5. The number of hydrogen-bond donors (Lipinski definition) is 4. The predicted octanol–water partition coefficient (Wildman–Crippen LogP) is 3.40. The van der Waals surface area contributed by atoms with Crippen LogP contribution in [0.25, 0.3) is 0 Å². The number of ether oxygens (including phenoxy) is 3. The first-order valence-corrected chi connectivity index (χ1v) is 10.7. The number of para-hydroxylation sites is 1. The van der Waals surface area contributed by atoms with Crippen molar-refractivity contribution < 1.29 is 24.4 Å². The second-order valence-corrected chi connectivity index (χ2v) is 7.97. The van der Waals surface area contributed by atoms with E-state index in [1.54, 1.807) is 0 Å². The molecule has 0 spiro atoms. The topological polar surface area (TPSA) is 92.2 Å². The maximum Gasteiger partial charge on any atom is 0.184 e. The van der Waals surface area contributed by atoms with Crippen molar-refractivity contribution in [3.05, 3.63) is 90.5 Å². The van der Waals surface area contributed by atoms with Crippen LogP contribution < -0.4 is 10.6 Å². The van der Waals surface area contributed by atoms with Crippen molar-refractivity contribution in [2.45, 2.75) is 36.9 Å². The summed E-state index contributed by atoms with van der Waals surface area (Å²) in [4.78, 5) is 0. The molecule has 4 N–H and O–H groups in total. The van der Waals surface area contributed by atoms with Gasteiger partial charge in [-0.1, -0.05) is 48.5 Å². The Morgan fingerprint density at radius 2 is 1.31 bits per heavy atom. The molecule has 1 unspecified atom stereocenters. The number of benzene rings is 3. The molecule has 3 aromatic carbocycles. The molecule has 6 atom stereocenters. The Morgan fingerprint density at radius 3 is 2.03 bits per heavy atom. The summed E-state index contributed by atoms with van der Waals surface area (Å²) >= 11 is 0. The highest BCUT2D eigenvalue weighted by atomic mass is 16.7. The van der Waals surface area contributed by atoms with Gasteiger partial charge in [0.05, 0.1) is 6.61 Å². The van der Waals surface area contributed by atoms with Crippen LogP contribution in [-0.4, -0.2) is 47.5 Å². The van der Waals surface area contributed by atoms with Gasteiger partial charge < -0.3 is 35.1 Å². The third-order valence-electron chi connectivity index (χ3n) is 5.71. The molecular weight excluding hydrogens is 408 g/mol. The molecule has 0 bridgehead atoms. The van der Waals surface area contributed by atoms with Gasteiger partial charge in [-0.25, -0.2) is 0 Å². The van der Waals surface area contributed by atoms with E-state index in [4.69, 9.17) is 14.2 Å². The molecule has 0 radical (unpaired) electrons. The van der Waals surface area contributed by atoms with E-state index in [1.807, 2.05) is 84.9 Å². The number of fused-ring (bicyclic) bond motifs is 1. The van der Waals surface area contributed by atoms with Gasteiger partial charge in [-0.2, -0.15) is 0 Å². The minimum atomic E-state index is -1.16. The van der Waals surface area contributed by atoms with E-state index in [2.05, 4.69) is 10.6 Å². The summed E-state index contributed by atoms with van der Waals surface area (Å²) in [5.74, 6) is 0. The fraction of sp³-hybridized carbons (Fsp3) is 0.280. The lowest BCUT2D eigenvalue weighted by Crippen LogP contribution is -2.63. The number of nitrogens with one attached hydrogen (secondary N) is 2. The van der Waals surface area contributed by atoms with Gasteiger partial charge in [-0.05, 0) is 36.4 Å². The van der Waals surface area contributed by atoms with Crippen LogP contribution in [0.4, 0.5) is 17.1 Å². The maximum absolute atomic E-state index is 10.7. The molecule has 0 aliphatic carbocycles. The summed E-state index contributed by atoms with van der Waals surface area (Å²) in [6.07, 6.45) is -4.84. The molecule has 2 fully saturated rings. The molecular formula is C25H26N2O5. The van der Waals surface area contributed by atoms with Gasteiger partial charge in [0, 0.05) is 22.6 Å². The van der Waals surface area contributed by atoms with Crippen molar-refractivity contribution in [2.75, 3.05) is 17.2 Å². The third kappa shape index (κ3) is 4.48. The average molecular weight is 434 g/mol. The van der Waals surface area contributed by atoms with Crippen LogP contribution in [-0.2, 0) is 14.2 Å². The van der Waals surface area contributed by atoms with Crippen LogP contribution in [0.3, 0.4) is 0 Å². The SMILES string of the molecule is O[C@@H]1[C@@H](O)[C@H](Nc2ccc(Nc3ccccc3)cc2)O[C@@H]2COC(c3ccccc3)O[C@@H]12. The summed E-state index contributed by atoms with van der Waals surface area (Å²) in [6, 6.07) is 27.1. The summed E-state index contributed by atoms with van der Waals surface area (Å²) < 4.78 is 17.7. The number of aliphatic hydroxyl groups is 2. The highest BCUT2D eigenvalue weighted by Crippen LogP contribution is 2.34. The highest BCUT2D eigenvalue weighted by molar-refractivity contribution is 5.62. The van der Waals surface area contributed by atoms with E-state index in [0.29, 0.717) is 0 Å². The van der Waals surface area contributed by atoms with Crippen LogP contribution in [0.1, 0.15) is 11.9 Å². The van der Waals surface area contributed by atoms with E-state index < -0.39 is 36.9 Å². The zero-order valence-electron chi connectivity index (χ0n) is 17.4. The van der Waals surface area contributed by atoms with Gasteiger partial charge in [0.1, 0.15) is 24.4 Å². The minimum Gasteiger partial charge on any atom is -0.387 e. The Kier molecular flexibility index (Phi) is 6.07. The summed E-state index contributed by atoms with van der Waals surface area (Å²) in [7, 11) is 0. The molecule has 0 amide bonds. The second-order valence-electron chi connectivity index (χ2n) is 7.97. The number of hydrogen-bond acceptors (Lipinski definition) is 7. The molecule has 7 heteroatoms. The fourth-order valence-corrected chi connectivity index (χ4v) is 4.01. The van der Waals surface area contributed by atoms with Crippen LogP contribution in [0.15, 0.2) is 84.9 Å². The van der Waals surface area contributed by atoms with Crippen molar-refractivity contribution >= 4 is 17.1 Å². The molecule has 0 aromatic heterocycles. The molecule has 3 aromatic rings. The molecule has 166 valence electrons. The molecule has 2 aliphatic heterocycles. The first-order valence-electron chi connectivity index (χ1n) is 10.7. The van der Waals surface area contributed by atoms with Gasteiger partial charge >= 0.3 is 0 Å². The Balaban J connectivity index is 1.22. The molecule has 2 aliphatic rings. The molecule has 2 heterocycles. The van der Waals surface area contributed by atoms with Crippen LogP contribution in [0.2, 0.25) is 0 Å². The van der Waals surface area contributed by atoms with Crippen molar-refractivity contribution in [3.63, 3.8) is 0 Å². The zero-order valence-corrected chi connectivity index (χ0v) is 17.4. The lowest BCUT2D eigenvalue weighted by atomic mass is 9.97. The highest BCUT2D eigenvalue weighted by Gasteiger charge is 2.48. The Hall–Kier alpha value is -2.94. The van der Waals surface area contributed by atoms with Gasteiger partial charge in [-0.15, -0.1) is 0 Å². The smallest absolute Gasteiger partial charge is 0.184 e. The van der Waals surface area contributed by atoms with Crippen molar-refractivity contribution in [2.24, 2.45) is 0 Å². The van der Waals surface area contributed by atoms with E-state index >= 15 is 0 Å². The quantitative estimate of drug-likeness (QED) is 0.489. The van der Waals surface area contributed by atoms with E-state index in [-0.39, 0.29) is 6.61 Å². The zero-order chi connectivity index (χ0) is 21.9. The minimum absolute atomic E-state index is 0.256. The van der Waals surface area contributed by atoms with Gasteiger partial charge in [0.25, 0.3) is 0 Å². The van der Waals surface area contributed by atoms with Crippen LogP contribution in [0.5, 0.6) is 0 Å². The summed E-state index contributed by atoms with van der Waals surface area (Å²) in [5.41, 5.74) is 3.56. The largest absolute Gasteiger partial charge is 0.387 e.